The third-order valence-electron chi connectivity index (χ3n) is 4.93. The molecule has 5 heteroatoms. The summed E-state index contributed by atoms with van der Waals surface area (Å²) >= 11 is 0. The second-order valence-corrected chi connectivity index (χ2v) is 8.63. The molecule has 0 amide bonds. The Hall–Kier alpha value is -0.130. The molecule has 0 aromatic carbocycles. The van der Waals surface area contributed by atoms with Crippen LogP contribution in [0, 0.1) is 0 Å². The van der Waals surface area contributed by atoms with Crippen LogP contribution in [0.1, 0.15) is 57.8 Å². The van der Waals surface area contributed by atoms with E-state index in [-0.39, 0.29) is 10.8 Å². The van der Waals surface area contributed by atoms with Gasteiger partial charge in [-0.3, -0.25) is 0 Å². The summed E-state index contributed by atoms with van der Waals surface area (Å²) in [6.45, 7) is 0.432. The van der Waals surface area contributed by atoms with Crippen LogP contribution in [0.4, 0.5) is 0 Å². The van der Waals surface area contributed by atoms with Crippen molar-refractivity contribution in [3.8, 4) is 0 Å². The zero-order chi connectivity index (χ0) is 13.9. The summed E-state index contributed by atoms with van der Waals surface area (Å²) in [5.74, 6) is 0. The quantitative estimate of drug-likeness (QED) is 0.771. The summed E-state index contributed by atoms with van der Waals surface area (Å²) in [5, 5.41) is 3.38. The van der Waals surface area contributed by atoms with Gasteiger partial charge >= 0.3 is 0 Å². The highest BCUT2D eigenvalue weighted by atomic mass is 32.2. The van der Waals surface area contributed by atoms with Gasteiger partial charge in [-0.1, -0.05) is 32.1 Å². The smallest absolute Gasteiger partial charge is 0.152 e. The molecule has 0 aromatic heterocycles. The third kappa shape index (κ3) is 3.50. The van der Waals surface area contributed by atoms with Crippen LogP contribution in [0.2, 0.25) is 0 Å². The van der Waals surface area contributed by atoms with E-state index in [1.807, 2.05) is 0 Å². The van der Waals surface area contributed by atoms with E-state index < -0.39 is 9.84 Å². The van der Waals surface area contributed by atoms with Crippen molar-refractivity contribution in [3.05, 3.63) is 0 Å². The van der Waals surface area contributed by atoms with E-state index in [0.717, 1.165) is 32.1 Å². The number of sulfone groups is 1. The van der Waals surface area contributed by atoms with Crippen LogP contribution < -0.4 is 11.1 Å². The summed E-state index contributed by atoms with van der Waals surface area (Å²) < 4.78 is 24.0. The van der Waals surface area contributed by atoms with Crippen molar-refractivity contribution >= 4 is 9.84 Å². The molecule has 2 unspecified atom stereocenters. The highest BCUT2D eigenvalue weighted by molar-refractivity contribution is 7.91. The molecule has 0 spiro atoms. The van der Waals surface area contributed by atoms with Gasteiger partial charge in [0.05, 0.1) is 5.25 Å². The topological polar surface area (TPSA) is 72.2 Å². The second kappa shape index (κ2) is 6.10. The van der Waals surface area contributed by atoms with E-state index in [4.69, 9.17) is 5.73 Å². The Bertz CT molecular complexity index is 388. The minimum atomic E-state index is -3.02. The maximum Gasteiger partial charge on any atom is 0.152 e. The Kier molecular flexibility index (Phi) is 4.90. The Balaban J connectivity index is 2.12. The van der Waals surface area contributed by atoms with Crippen LogP contribution in [0.5, 0.6) is 0 Å². The number of hydrogen-bond acceptors (Lipinski definition) is 4. The maximum atomic E-state index is 12.0. The van der Waals surface area contributed by atoms with E-state index in [2.05, 4.69) is 5.32 Å². The van der Waals surface area contributed by atoms with Gasteiger partial charge < -0.3 is 11.1 Å². The van der Waals surface area contributed by atoms with Gasteiger partial charge in [-0.05, 0) is 25.7 Å². The third-order valence-corrected chi connectivity index (χ3v) is 6.65. The highest BCUT2D eigenvalue weighted by Crippen LogP contribution is 2.35. The van der Waals surface area contributed by atoms with Gasteiger partial charge in [0.15, 0.2) is 9.84 Å². The average Bonchev–Trinajstić information content (AvgIpc) is 2.61. The van der Waals surface area contributed by atoms with E-state index in [1.54, 1.807) is 0 Å². The summed E-state index contributed by atoms with van der Waals surface area (Å²) in [5.41, 5.74) is 5.61. The molecular formula is C14H28N2O2S. The van der Waals surface area contributed by atoms with E-state index >= 15 is 0 Å². The van der Waals surface area contributed by atoms with Gasteiger partial charge in [-0.15, -0.1) is 0 Å². The normalized spacial score (nSPS) is 34.3. The Labute approximate surface area is 117 Å². The number of rotatable bonds is 4. The van der Waals surface area contributed by atoms with Crippen LogP contribution >= 0.6 is 0 Å². The zero-order valence-corrected chi connectivity index (χ0v) is 12.8. The van der Waals surface area contributed by atoms with Gasteiger partial charge in [0, 0.05) is 24.4 Å². The standard InChI is InChI=1S/C14H28N2O2S/c1-19(17,18)13-9-6-10-14(13,11-15)16-12-7-4-2-3-5-8-12/h12-13,16H,2-11,15H2,1H3. The molecule has 2 fully saturated rings. The molecule has 0 heterocycles. The lowest BCUT2D eigenvalue weighted by Crippen LogP contribution is -2.61. The van der Waals surface area contributed by atoms with Crippen LogP contribution in [-0.4, -0.2) is 38.0 Å². The van der Waals surface area contributed by atoms with E-state index in [9.17, 15) is 8.42 Å². The predicted molar refractivity (Wildman–Crippen MR) is 78.9 cm³/mol. The van der Waals surface area contributed by atoms with Crippen molar-refractivity contribution in [2.24, 2.45) is 5.73 Å². The fraction of sp³-hybridized carbons (Fsp3) is 1.00. The molecule has 2 saturated carbocycles. The predicted octanol–water partition coefficient (Wildman–Crippen LogP) is 1.59. The molecule has 19 heavy (non-hydrogen) atoms. The number of hydrogen-bond donors (Lipinski definition) is 2. The van der Waals surface area contributed by atoms with Crippen LogP contribution in [-0.2, 0) is 9.84 Å². The largest absolute Gasteiger partial charge is 0.329 e. The lowest BCUT2D eigenvalue weighted by Gasteiger charge is -2.38. The fourth-order valence-corrected chi connectivity index (χ4v) is 5.65. The first-order valence-electron chi connectivity index (χ1n) is 7.64. The molecule has 0 bridgehead atoms. The molecule has 0 aromatic rings. The van der Waals surface area contributed by atoms with Crippen molar-refractivity contribution < 1.29 is 8.42 Å². The zero-order valence-electron chi connectivity index (χ0n) is 12.0. The van der Waals surface area contributed by atoms with Crippen molar-refractivity contribution in [3.63, 3.8) is 0 Å². The minimum Gasteiger partial charge on any atom is -0.329 e. The van der Waals surface area contributed by atoms with Gasteiger partial charge in [-0.2, -0.15) is 0 Å². The molecule has 2 aliphatic carbocycles. The second-order valence-electron chi connectivity index (χ2n) is 6.40. The molecule has 3 N–H and O–H groups in total. The van der Waals surface area contributed by atoms with Crippen molar-refractivity contribution in [1.29, 1.82) is 0 Å². The van der Waals surface area contributed by atoms with Crippen molar-refractivity contribution in [1.82, 2.24) is 5.32 Å². The number of nitrogens with one attached hydrogen (secondary N) is 1. The average molecular weight is 288 g/mol. The molecule has 0 aliphatic heterocycles. The van der Waals surface area contributed by atoms with Gasteiger partial charge in [0.25, 0.3) is 0 Å². The number of nitrogens with two attached hydrogens (primary N) is 1. The Morgan fingerprint density at radius 3 is 2.26 bits per heavy atom. The molecule has 2 aliphatic rings. The monoisotopic (exact) mass is 288 g/mol. The first-order valence-corrected chi connectivity index (χ1v) is 9.60. The van der Waals surface area contributed by atoms with Crippen LogP contribution in [0.15, 0.2) is 0 Å². The van der Waals surface area contributed by atoms with Crippen LogP contribution in [0.3, 0.4) is 0 Å². The lowest BCUT2D eigenvalue weighted by atomic mass is 9.94. The molecule has 0 saturated heterocycles. The summed E-state index contributed by atoms with van der Waals surface area (Å²) in [6, 6.07) is 0.452. The molecular weight excluding hydrogens is 260 g/mol. The van der Waals surface area contributed by atoms with Gasteiger partial charge in [-0.25, -0.2) is 8.42 Å². The molecule has 2 atom stereocenters. The van der Waals surface area contributed by atoms with Gasteiger partial charge in [0.1, 0.15) is 0 Å². The Morgan fingerprint density at radius 2 is 1.74 bits per heavy atom. The SMILES string of the molecule is CS(=O)(=O)C1CCCC1(CN)NC1CCCCCC1. The van der Waals surface area contributed by atoms with Crippen molar-refractivity contribution in [2.45, 2.75) is 74.6 Å². The van der Waals surface area contributed by atoms with Gasteiger partial charge in [0.2, 0.25) is 0 Å². The van der Waals surface area contributed by atoms with E-state index in [1.165, 1.54) is 31.9 Å². The molecule has 2 rings (SSSR count). The maximum absolute atomic E-state index is 12.0. The Morgan fingerprint density at radius 1 is 1.11 bits per heavy atom. The lowest BCUT2D eigenvalue weighted by molar-refractivity contribution is 0.281. The highest BCUT2D eigenvalue weighted by Gasteiger charge is 2.47. The molecule has 0 radical (unpaired) electrons. The minimum absolute atomic E-state index is 0.298. The first kappa shape index (κ1) is 15.3. The fourth-order valence-electron chi connectivity index (χ4n) is 3.95. The van der Waals surface area contributed by atoms with E-state index in [0.29, 0.717) is 12.6 Å². The van der Waals surface area contributed by atoms with Crippen molar-refractivity contribution in [2.75, 3.05) is 12.8 Å². The summed E-state index contributed by atoms with van der Waals surface area (Å²) in [4.78, 5) is 0. The molecule has 4 nitrogen and oxygen atoms in total. The molecule has 112 valence electrons. The first-order chi connectivity index (χ1) is 8.98. The summed E-state index contributed by atoms with van der Waals surface area (Å²) in [7, 11) is -3.02. The summed E-state index contributed by atoms with van der Waals surface area (Å²) in [6.07, 6.45) is 11.4. The van der Waals surface area contributed by atoms with Crippen LogP contribution in [0.25, 0.3) is 0 Å².